The molecule has 0 saturated carbocycles. The molecule has 0 aromatic carbocycles. The minimum Gasteiger partial charge on any atom is -0.375 e. The Labute approximate surface area is 70.5 Å². The van der Waals surface area contributed by atoms with Crippen LogP contribution >= 0.6 is 0 Å². The Kier molecular flexibility index (Phi) is 4.75. The van der Waals surface area contributed by atoms with Gasteiger partial charge in [0, 0.05) is 0 Å². The van der Waals surface area contributed by atoms with Crippen molar-refractivity contribution >= 4 is 5.97 Å². The van der Waals surface area contributed by atoms with Crippen LogP contribution in [0, 0.1) is 0 Å². The highest BCUT2D eigenvalue weighted by Gasteiger charge is 2.20. The molecule has 0 rings (SSSR count). The molecule has 0 aliphatic heterocycles. The average Bonchev–Trinajstić information content (AvgIpc) is 1.98. The number of carbonyl (C=O) groups is 1. The van der Waals surface area contributed by atoms with Crippen molar-refractivity contribution in [1.29, 1.82) is 0 Å². The molecule has 0 amide bonds. The maximum Gasteiger partial charge on any atom is 0.338 e. The Morgan fingerprint density at radius 2 is 1.92 bits per heavy atom. The standard InChI is InChI=1S/C6H14N2O4/c1-4(9)8(5(2)10)12-6(11)3-7/h4-5,9-10H,3,7H2,1-2H3. The van der Waals surface area contributed by atoms with E-state index in [0.29, 0.717) is 0 Å². The maximum absolute atomic E-state index is 10.6. The lowest BCUT2D eigenvalue weighted by molar-refractivity contribution is -0.275. The van der Waals surface area contributed by atoms with Crippen molar-refractivity contribution in [2.24, 2.45) is 5.73 Å². The van der Waals surface area contributed by atoms with Crippen LogP contribution in [0.3, 0.4) is 0 Å². The zero-order valence-electron chi connectivity index (χ0n) is 7.10. The van der Waals surface area contributed by atoms with E-state index in [1.54, 1.807) is 0 Å². The van der Waals surface area contributed by atoms with Crippen LogP contribution in [0.5, 0.6) is 0 Å². The van der Waals surface area contributed by atoms with Gasteiger partial charge in [-0.3, -0.25) is 0 Å². The van der Waals surface area contributed by atoms with Crippen molar-refractivity contribution in [3.8, 4) is 0 Å². The smallest absolute Gasteiger partial charge is 0.338 e. The second-order valence-corrected chi connectivity index (χ2v) is 2.29. The molecular formula is C6H14N2O4. The van der Waals surface area contributed by atoms with Gasteiger partial charge in [-0.1, -0.05) is 5.06 Å². The van der Waals surface area contributed by atoms with Gasteiger partial charge in [0.15, 0.2) is 0 Å². The lowest BCUT2D eigenvalue weighted by Gasteiger charge is -2.25. The van der Waals surface area contributed by atoms with Crippen molar-refractivity contribution in [3.05, 3.63) is 0 Å². The van der Waals surface area contributed by atoms with Gasteiger partial charge in [0.2, 0.25) is 0 Å². The summed E-state index contributed by atoms with van der Waals surface area (Å²) in [5, 5.41) is 18.7. The average molecular weight is 178 g/mol. The van der Waals surface area contributed by atoms with Gasteiger partial charge in [0.1, 0.15) is 12.5 Å². The number of rotatable bonds is 4. The molecule has 0 aliphatic carbocycles. The number of aliphatic hydroxyl groups is 2. The van der Waals surface area contributed by atoms with Gasteiger partial charge in [-0.05, 0) is 13.8 Å². The molecule has 0 radical (unpaired) electrons. The summed E-state index contributed by atoms with van der Waals surface area (Å²) in [6, 6.07) is 0. The van der Waals surface area contributed by atoms with Gasteiger partial charge in [0.05, 0.1) is 6.54 Å². The number of nitrogens with two attached hydrogens (primary N) is 1. The lowest BCUT2D eigenvalue weighted by atomic mass is 10.5. The van der Waals surface area contributed by atoms with E-state index >= 15 is 0 Å². The summed E-state index contributed by atoms with van der Waals surface area (Å²) in [7, 11) is 0. The van der Waals surface area contributed by atoms with E-state index in [9.17, 15) is 4.79 Å². The van der Waals surface area contributed by atoms with Crippen LogP contribution < -0.4 is 5.73 Å². The van der Waals surface area contributed by atoms with Crippen LogP contribution in [0.4, 0.5) is 0 Å². The Hall–Kier alpha value is -0.690. The highest BCUT2D eigenvalue weighted by atomic mass is 16.7. The quantitative estimate of drug-likeness (QED) is 0.354. The molecule has 72 valence electrons. The van der Waals surface area contributed by atoms with E-state index in [4.69, 9.17) is 15.9 Å². The molecule has 2 unspecified atom stereocenters. The topological polar surface area (TPSA) is 96.0 Å². The third-order valence-electron chi connectivity index (χ3n) is 1.11. The maximum atomic E-state index is 10.6. The number of hydroxylamine groups is 2. The Bertz CT molecular complexity index is 140. The van der Waals surface area contributed by atoms with Gasteiger partial charge in [-0.25, -0.2) is 4.79 Å². The minimum atomic E-state index is -1.07. The first-order valence-electron chi connectivity index (χ1n) is 3.54. The summed E-state index contributed by atoms with van der Waals surface area (Å²) in [5.74, 6) is -0.711. The Morgan fingerprint density at radius 1 is 1.50 bits per heavy atom. The number of aliphatic hydroxyl groups excluding tert-OH is 2. The molecule has 0 bridgehead atoms. The van der Waals surface area contributed by atoms with E-state index in [1.807, 2.05) is 0 Å². The highest BCUT2D eigenvalue weighted by molar-refractivity contribution is 5.70. The second kappa shape index (κ2) is 5.04. The van der Waals surface area contributed by atoms with Gasteiger partial charge in [0.25, 0.3) is 0 Å². The van der Waals surface area contributed by atoms with Crippen molar-refractivity contribution in [1.82, 2.24) is 5.06 Å². The van der Waals surface area contributed by atoms with Crippen LogP contribution in [0.2, 0.25) is 0 Å². The lowest BCUT2D eigenvalue weighted by Crippen LogP contribution is -2.42. The van der Waals surface area contributed by atoms with E-state index in [1.165, 1.54) is 13.8 Å². The van der Waals surface area contributed by atoms with E-state index in [2.05, 4.69) is 4.84 Å². The van der Waals surface area contributed by atoms with Crippen molar-refractivity contribution in [3.63, 3.8) is 0 Å². The fraction of sp³-hybridized carbons (Fsp3) is 0.833. The summed E-state index contributed by atoms with van der Waals surface area (Å²) in [5.41, 5.74) is 4.96. The van der Waals surface area contributed by atoms with E-state index in [0.717, 1.165) is 5.06 Å². The zero-order valence-corrected chi connectivity index (χ0v) is 7.10. The molecule has 0 spiro atoms. The number of carbonyl (C=O) groups excluding carboxylic acids is 1. The number of hydrogen-bond donors (Lipinski definition) is 3. The molecule has 6 nitrogen and oxygen atoms in total. The number of hydrogen-bond acceptors (Lipinski definition) is 6. The van der Waals surface area contributed by atoms with Crippen LogP contribution in [-0.2, 0) is 9.63 Å². The largest absolute Gasteiger partial charge is 0.375 e. The normalized spacial score (nSPS) is 15.8. The fourth-order valence-electron chi connectivity index (χ4n) is 0.620. The highest BCUT2D eigenvalue weighted by Crippen LogP contribution is 2.01. The molecule has 0 aliphatic rings. The predicted molar refractivity (Wildman–Crippen MR) is 40.3 cm³/mol. The molecule has 0 saturated heterocycles. The molecular weight excluding hydrogens is 164 g/mol. The van der Waals surface area contributed by atoms with Crippen molar-refractivity contribution in [2.75, 3.05) is 6.54 Å². The first-order chi connectivity index (χ1) is 5.49. The second-order valence-electron chi connectivity index (χ2n) is 2.29. The number of nitrogens with zero attached hydrogens (tertiary/aromatic N) is 1. The SMILES string of the molecule is CC(O)N(OC(=O)CN)C(C)O. The van der Waals surface area contributed by atoms with E-state index < -0.39 is 18.4 Å². The summed E-state index contributed by atoms with van der Waals surface area (Å²) in [6.07, 6.45) is -2.14. The molecule has 4 N–H and O–H groups in total. The third-order valence-corrected chi connectivity index (χ3v) is 1.11. The van der Waals surface area contributed by atoms with Crippen LogP contribution in [0.1, 0.15) is 13.8 Å². The van der Waals surface area contributed by atoms with Gasteiger partial charge in [-0.2, -0.15) is 0 Å². The molecule has 0 aromatic rings. The Morgan fingerprint density at radius 3 is 2.17 bits per heavy atom. The van der Waals surface area contributed by atoms with Crippen LogP contribution in [0.15, 0.2) is 0 Å². The minimum absolute atomic E-state index is 0.296. The molecule has 0 heterocycles. The molecule has 12 heavy (non-hydrogen) atoms. The van der Waals surface area contributed by atoms with Crippen molar-refractivity contribution < 1.29 is 19.8 Å². The summed E-state index contributed by atoms with van der Waals surface area (Å²) >= 11 is 0. The summed E-state index contributed by atoms with van der Waals surface area (Å²) in [4.78, 5) is 15.1. The molecule has 2 atom stereocenters. The van der Waals surface area contributed by atoms with E-state index in [-0.39, 0.29) is 6.54 Å². The summed E-state index contributed by atoms with van der Waals surface area (Å²) in [6.45, 7) is 2.42. The van der Waals surface area contributed by atoms with Gasteiger partial charge in [-0.15, -0.1) is 0 Å². The molecule has 0 fully saturated rings. The Balaban J connectivity index is 4.05. The third kappa shape index (κ3) is 3.63. The van der Waals surface area contributed by atoms with Crippen LogP contribution in [0.25, 0.3) is 0 Å². The van der Waals surface area contributed by atoms with Gasteiger partial charge >= 0.3 is 5.97 Å². The monoisotopic (exact) mass is 178 g/mol. The fourth-order valence-corrected chi connectivity index (χ4v) is 0.620. The van der Waals surface area contributed by atoms with Crippen LogP contribution in [-0.4, -0.2) is 40.2 Å². The van der Waals surface area contributed by atoms with Crippen molar-refractivity contribution in [2.45, 2.75) is 26.3 Å². The summed E-state index contributed by atoms with van der Waals surface area (Å²) < 4.78 is 0. The zero-order chi connectivity index (χ0) is 9.72. The first kappa shape index (κ1) is 11.3. The molecule has 0 aromatic heterocycles. The first-order valence-corrected chi connectivity index (χ1v) is 3.54. The van der Waals surface area contributed by atoms with Gasteiger partial charge < -0.3 is 20.8 Å². The molecule has 6 heteroatoms. The predicted octanol–water partition coefficient (Wildman–Crippen LogP) is -1.62.